The summed E-state index contributed by atoms with van der Waals surface area (Å²) in [6.45, 7) is 4.39. The molecule has 3 nitrogen and oxygen atoms in total. The highest BCUT2D eigenvalue weighted by atomic mass is 16.5. The minimum Gasteiger partial charge on any atom is -0.450 e. The van der Waals surface area contributed by atoms with Crippen molar-refractivity contribution < 1.29 is 9.53 Å². The number of rotatable bonds is 3. The van der Waals surface area contributed by atoms with Gasteiger partial charge in [-0.2, -0.15) is 0 Å². The van der Waals surface area contributed by atoms with Crippen LogP contribution in [0.4, 0.5) is 4.79 Å². The van der Waals surface area contributed by atoms with Crippen molar-refractivity contribution in [3.63, 3.8) is 0 Å². The maximum Gasteiger partial charge on any atom is 0.407 e. The van der Waals surface area contributed by atoms with Crippen LogP contribution in [0.5, 0.6) is 0 Å². The first kappa shape index (κ1) is 12.9. The Morgan fingerprint density at radius 3 is 3.00 bits per heavy atom. The van der Waals surface area contributed by atoms with Crippen LogP contribution in [0, 0.1) is 0 Å². The second kappa shape index (κ2) is 5.89. The molecule has 0 saturated heterocycles. The van der Waals surface area contributed by atoms with Gasteiger partial charge in [0.05, 0.1) is 12.6 Å². The second-order valence-electron chi connectivity index (χ2n) is 4.70. The van der Waals surface area contributed by atoms with Crippen LogP contribution in [0.25, 0.3) is 0 Å². The summed E-state index contributed by atoms with van der Waals surface area (Å²) in [5, 5.41) is 2.97. The van der Waals surface area contributed by atoms with Gasteiger partial charge in [0.2, 0.25) is 0 Å². The fourth-order valence-corrected chi connectivity index (χ4v) is 2.53. The van der Waals surface area contributed by atoms with Crippen LogP contribution in [0.2, 0.25) is 0 Å². The molecule has 0 bridgehead atoms. The molecule has 0 aromatic heterocycles. The Hall–Kier alpha value is -1.51. The van der Waals surface area contributed by atoms with Gasteiger partial charge in [-0.25, -0.2) is 4.79 Å². The molecule has 1 atom stereocenters. The molecule has 0 radical (unpaired) electrons. The molecule has 1 N–H and O–H groups in total. The van der Waals surface area contributed by atoms with Gasteiger partial charge in [0.1, 0.15) is 0 Å². The summed E-state index contributed by atoms with van der Waals surface area (Å²) in [6.07, 6.45) is 3.95. The molecule has 18 heavy (non-hydrogen) atoms. The van der Waals surface area contributed by atoms with E-state index >= 15 is 0 Å². The summed E-state index contributed by atoms with van der Waals surface area (Å²) in [5.74, 6) is 0. The molecule has 0 saturated carbocycles. The van der Waals surface area contributed by atoms with Gasteiger partial charge in [-0.15, -0.1) is 0 Å². The third-order valence-corrected chi connectivity index (χ3v) is 3.50. The van der Waals surface area contributed by atoms with E-state index in [0.29, 0.717) is 6.61 Å². The number of benzene rings is 1. The fourth-order valence-electron chi connectivity index (χ4n) is 2.53. The van der Waals surface area contributed by atoms with Gasteiger partial charge in [-0.05, 0) is 49.3 Å². The van der Waals surface area contributed by atoms with Gasteiger partial charge in [-0.1, -0.05) is 25.1 Å². The van der Waals surface area contributed by atoms with E-state index < -0.39 is 0 Å². The Morgan fingerprint density at radius 1 is 1.44 bits per heavy atom. The van der Waals surface area contributed by atoms with Crippen molar-refractivity contribution in [1.82, 2.24) is 5.32 Å². The Kier molecular flexibility index (Phi) is 4.24. The highest BCUT2D eigenvalue weighted by Gasteiger charge is 2.22. The lowest BCUT2D eigenvalue weighted by Gasteiger charge is -2.26. The Morgan fingerprint density at radius 2 is 2.28 bits per heavy atom. The van der Waals surface area contributed by atoms with Crippen molar-refractivity contribution in [1.29, 1.82) is 0 Å². The molecule has 1 amide bonds. The van der Waals surface area contributed by atoms with E-state index in [4.69, 9.17) is 4.74 Å². The largest absolute Gasteiger partial charge is 0.450 e. The Labute approximate surface area is 109 Å². The summed E-state index contributed by atoms with van der Waals surface area (Å²) >= 11 is 0. The number of aryl methyl sites for hydroxylation is 2. The molecule has 0 heterocycles. The lowest BCUT2D eigenvalue weighted by Crippen LogP contribution is -2.31. The topological polar surface area (TPSA) is 38.3 Å². The van der Waals surface area contributed by atoms with Gasteiger partial charge < -0.3 is 10.1 Å². The third-order valence-electron chi connectivity index (χ3n) is 3.50. The predicted octanol–water partition coefficient (Wildman–Crippen LogP) is 3.37. The summed E-state index contributed by atoms with van der Waals surface area (Å²) in [7, 11) is 0. The molecule has 0 spiro atoms. The number of alkyl carbamates (subject to hydrolysis) is 1. The van der Waals surface area contributed by atoms with Crippen LogP contribution >= 0.6 is 0 Å². The average molecular weight is 247 g/mol. The van der Waals surface area contributed by atoms with Crippen molar-refractivity contribution in [3.05, 3.63) is 34.9 Å². The Bertz CT molecular complexity index is 429. The number of hydrogen-bond acceptors (Lipinski definition) is 2. The highest BCUT2D eigenvalue weighted by Crippen LogP contribution is 2.30. The minimum atomic E-state index is -0.308. The summed E-state index contributed by atoms with van der Waals surface area (Å²) in [4.78, 5) is 11.5. The molecule has 1 unspecified atom stereocenters. The van der Waals surface area contributed by atoms with Crippen LogP contribution in [-0.4, -0.2) is 12.7 Å². The number of ether oxygens (including phenoxy) is 1. The predicted molar refractivity (Wildman–Crippen MR) is 71.7 cm³/mol. The molecule has 2 rings (SSSR count). The quantitative estimate of drug-likeness (QED) is 0.889. The standard InChI is InChI=1S/C15H21NO2/c1-3-11-8-9-12-6-5-7-14(13(12)10-11)16-15(17)18-4-2/h8-10,14H,3-7H2,1-2H3,(H,16,17). The van der Waals surface area contributed by atoms with Crippen molar-refractivity contribution in [2.45, 2.75) is 45.6 Å². The lowest BCUT2D eigenvalue weighted by atomic mass is 9.86. The SMILES string of the molecule is CCOC(=O)NC1CCCc2ccc(CC)cc21. The van der Waals surface area contributed by atoms with Crippen LogP contribution in [0.3, 0.4) is 0 Å². The fraction of sp³-hybridized carbons (Fsp3) is 0.533. The molecule has 1 aliphatic carbocycles. The summed E-state index contributed by atoms with van der Waals surface area (Å²) in [5.41, 5.74) is 3.96. The second-order valence-corrected chi connectivity index (χ2v) is 4.70. The molecule has 3 heteroatoms. The third kappa shape index (κ3) is 2.84. The van der Waals surface area contributed by atoms with E-state index in [-0.39, 0.29) is 12.1 Å². The van der Waals surface area contributed by atoms with Crippen molar-refractivity contribution in [2.75, 3.05) is 6.61 Å². The first-order valence-electron chi connectivity index (χ1n) is 6.79. The molecule has 1 aromatic carbocycles. The minimum absolute atomic E-state index is 0.110. The molecule has 1 aliphatic rings. The van der Waals surface area contributed by atoms with Crippen molar-refractivity contribution >= 4 is 6.09 Å². The van der Waals surface area contributed by atoms with Gasteiger partial charge in [0.15, 0.2) is 0 Å². The summed E-state index contributed by atoms with van der Waals surface area (Å²) in [6, 6.07) is 6.73. The van der Waals surface area contributed by atoms with E-state index in [2.05, 4.69) is 30.4 Å². The van der Waals surface area contributed by atoms with Gasteiger partial charge in [0, 0.05) is 0 Å². The molecule has 0 aliphatic heterocycles. The van der Waals surface area contributed by atoms with E-state index in [0.717, 1.165) is 25.7 Å². The normalized spacial score (nSPS) is 18.0. The van der Waals surface area contributed by atoms with Crippen LogP contribution in [0.1, 0.15) is 49.4 Å². The lowest BCUT2D eigenvalue weighted by molar-refractivity contribution is 0.147. The zero-order valence-electron chi connectivity index (χ0n) is 11.2. The first-order valence-corrected chi connectivity index (χ1v) is 6.79. The highest BCUT2D eigenvalue weighted by molar-refractivity contribution is 5.68. The van der Waals surface area contributed by atoms with Gasteiger partial charge >= 0.3 is 6.09 Å². The zero-order chi connectivity index (χ0) is 13.0. The molecule has 0 fully saturated rings. The average Bonchev–Trinajstić information content (AvgIpc) is 2.39. The molecule has 1 aromatic rings. The first-order chi connectivity index (χ1) is 8.74. The molecular weight excluding hydrogens is 226 g/mol. The van der Waals surface area contributed by atoms with Crippen molar-refractivity contribution in [2.24, 2.45) is 0 Å². The maximum atomic E-state index is 11.5. The van der Waals surface area contributed by atoms with E-state index in [1.165, 1.54) is 16.7 Å². The maximum absolute atomic E-state index is 11.5. The number of amides is 1. The smallest absolute Gasteiger partial charge is 0.407 e. The number of hydrogen-bond donors (Lipinski definition) is 1. The zero-order valence-corrected chi connectivity index (χ0v) is 11.2. The molecule has 98 valence electrons. The van der Waals surface area contributed by atoms with Crippen LogP contribution < -0.4 is 5.32 Å². The van der Waals surface area contributed by atoms with E-state index in [9.17, 15) is 4.79 Å². The molecular formula is C15H21NO2. The Balaban J connectivity index is 2.18. The number of carbonyl (C=O) groups is 1. The number of fused-ring (bicyclic) bond motifs is 1. The summed E-state index contributed by atoms with van der Waals surface area (Å²) < 4.78 is 4.97. The van der Waals surface area contributed by atoms with E-state index in [1.54, 1.807) is 0 Å². The monoisotopic (exact) mass is 247 g/mol. The van der Waals surface area contributed by atoms with Crippen LogP contribution in [0.15, 0.2) is 18.2 Å². The number of carbonyl (C=O) groups excluding carboxylic acids is 1. The van der Waals surface area contributed by atoms with E-state index in [1.807, 2.05) is 6.92 Å². The van der Waals surface area contributed by atoms with Crippen molar-refractivity contribution in [3.8, 4) is 0 Å². The van der Waals surface area contributed by atoms with Gasteiger partial charge in [-0.3, -0.25) is 0 Å². The van der Waals surface area contributed by atoms with Crippen LogP contribution in [-0.2, 0) is 17.6 Å². The van der Waals surface area contributed by atoms with Gasteiger partial charge in [0.25, 0.3) is 0 Å². The number of nitrogens with one attached hydrogen (secondary N) is 1.